The van der Waals surface area contributed by atoms with E-state index in [0.717, 1.165) is 0 Å². The molecule has 0 amide bonds. The number of hydrogen-bond acceptors (Lipinski definition) is 4. The van der Waals surface area contributed by atoms with Crippen molar-refractivity contribution >= 4 is 10.1 Å². The summed E-state index contributed by atoms with van der Waals surface area (Å²) >= 11 is 0. The van der Waals surface area contributed by atoms with E-state index in [1.54, 1.807) is 0 Å². The van der Waals surface area contributed by atoms with E-state index >= 15 is 0 Å². The first kappa shape index (κ1) is 15.8. The van der Waals surface area contributed by atoms with E-state index in [2.05, 4.69) is 0 Å². The quantitative estimate of drug-likeness (QED) is 0.363. The molecule has 0 aromatic heterocycles. The summed E-state index contributed by atoms with van der Waals surface area (Å²) in [5.41, 5.74) is 0. The van der Waals surface area contributed by atoms with Gasteiger partial charge in [0.2, 0.25) is 0 Å². The first-order chi connectivity index (χ1) is 6.38. The maximum atomic E-state index is 10.5. The molecule has 1 aliphatic rings. The SMILES string of the molecule is O=S(=O)(O)CCC1CCC(O)C(O)C1.[H-].[Na+]. The van der Waals surface area contributed by atoms with Gasteiger partial charge in [-0.05, 0) is 31.6 Å². The van der Waals surface area contributed by atoms with Gasteiger partial charge in [0.25, 0.3) is 10.1 Å². The van der Waals surface area contributed by atoms with Crippen LogP contribution in [0.2, 0.25) is 0 Å². The average molecular weight is 248 g/mol. The van der Waals surface area contributed by atoms with Gasteiger partial charge in [0.05, 0.1) is 18.0 Å². The Kier molecular flexibility index (Phi) is 6.90. The van der Waals surface area contributed by atoms with Gasteiger partial charge in [0.1, 0.15) is 0 Å². The first-order valence-corrected chi connectivity index (χ1v) is 6.30. The molecule has 0 saturated heterocycles. The number of aliphatic hydroxyl groups is 2. The molecule has 0 aliphatic heterocycles. The van der Waals surface area contributed by atoms with Crippen LogP contribution in [0.15, 0.2) is 0 Å². The molecule has 7 heteroatoms. The van der Waals surface area contributed by atoms with Crippen molar-refractivity contribution in [2.75, 3.05) is 5.75 Å². The fourth-order valence-corrected chi connectivity index (χ4v) is 2.42. The maximum Gasteiger partial charge on any atom is 1.00 e. The zero-order chi connectivity index (χ0) is 10.8. The van der Waals surface area contributed by atoms with Gasteiger partial charge in [0, 0.05) is 0 Å². The molecule has 0 heterocycles. The molecule has 0 spiro atoms. The van der Waals surface area contributed by atoms with Crippen LogP contribution in [0.3, 0.4) is 0 Å². The van der Waals surface area contributed by atoms with Gasteiger partial charge in [-0.25, -0.2) is 0 Å². The van der Waals surface area contributed by atoms with Gasteiger partial charge in [-0.15, -0.1) is 0 Å². The second kappa shape index (κ2) is 6.54. The summed E-state index contributed by atoms with van der Waals surface area (Å²) in [5, 5.41) is 18.5. The molecule has 3 atom stereocenters. The summed E-state index contributed by atoms with van der Waals surface area (Å²) in [6.07, 6.45) is 0.525. The third-order valence-electron chi connectivity index (χ3n) is 2.67. The van der Waals surface area contributed by atoms with Crippen molar-refractivity contribution < 1.29 is 54.2 Å². The van der Waals surface area contributed by atoms with Crippen LogP contribution in [0.25, 0.3) is 0 Å². The number of hydrogen-bond donors (Lipinski definition) is 3. The molecule has 3 unspecified atom stereocenters. The van der Waals surface area contributed by atoms with Crippen LogP contribution in [-0.2, 0) is 10.1 Å². The Balaban J connectivity index is 0. The minimum absolute atomic E-state index is 0. The molecule has 1 aliphatic carbocycles. The average Bonchev–Trinajstić information content (AvgIpc) is 2.06. The molecule has 0 aromatic rings. The van der Waals surface area contributed by atoms with Crippen LogP contribution >= 0.6 is 0 Å². The van der Waals surface area contributed by atoms with E-state index in [1.165, 1.54) is 0 Å². The Labute approximate surface area is 113 Å². The number of aliphatic hydroxyl groups excluding tert-OH is 2. The summed E-state index contributed by atoms with van der Waals surface area (Å²) in [4.78, 5) is 0. The second-order valence-corrected chi connectivity index (χ2v) is 5.46. The Bertz CT molecular complexity index is 284. The topological polar surface area (TPSA) is 94.8 Å². The first-order valence-electron chi connectivity index (χ1n) is 4.70. The van der Waals surface area contributed by atoms with Crippen molar-refractivity contribution in [3.05, 3.63) is 0 Å². The zero-order valence-electron chi connectivity index (χ0n) is 9.83. The normalized spacial score (nSPS) is 32.1. The van der Waals surface area contributed by atoms with Crippen LogP contribution in [0, 0.1) is 5.92 Å². The minimum Gasteiger partial charge on any atom is -1.00 e. The van der Waals surface area contributed by atoms with E-state index in [1.807, 2.05) is 0 Å². The van der Waals surface area contributed by atoms with E-state index in [9.17, 15) is 18.6 Å². The minimum atomic E-state index is -3.90. The molecular formula is C8H17NaO5S. The summed E-state index contributed by atoms with van der Waals surface area (Å²) < 4.78 is 29.5. The zero-order valence-corrected chi connectivity index (χ0v) is 11.7. The van der Waals surface area contributed by atoms with Gasteiger partial charge < -0.3 is 11.6 Å². The molecule has 15 heavy (non-hydrogen) atoms. The summed E-state index contributed by atoms with van der Waals surface area (Å²) in [7, 11) is -3.90. The van der Waals surface area contributed by atoms with Crippen LogP contribution < -0.4 is 29.6 Å². The van der Waals surface area contributed by atoms with Crippen LogP contribution in [0.4, 0.5) is 0 Å². The van der Waals surface area contributed by atoms with E-state index in [-0.39, 0.29) is 42.7 Å². The predicted molar refractivity (Wildman–Crippen MR) is 51.5 cm³/mol. The smallest absolute Gasteiger partial charge is 1.00 e. The molecule has 1 rings (SSSR count). The summed E-state index contributed by atoms with van der Waals surface area (Å²) in [5.74, 6) is -0.184. The Hall–Kier alpha value is 0.830. The molecule has 0 radical (unpaired) electrons. The van der Waals surface area contributed by atoms with Crippen LogP contribution in [0.5, 0.6) is 0 Å². The summed E-state index contributed by atoms with van der Waals surface area (Å²) in [6, 6.07) is 0. The molecule has 0 bridgehead atoms. The van der Waals surface area contributed by atoms with E-state index in [0.29, 0.717) is 25.7 Å². The Morgan fingerprint density at radius 3 is 2.27 bits per heavy atom. The number of rotatable bonds is 3. The molecular weight excluding hydrogens is 231 g/mol. The summed E-state index contributed by atoms with van der Waals surface area (Å²) in [6.45, 7) is 0. The third-order valence-corrected chi connectivity index (χ3v) is 3.43. The largest absolute Gasteiger partial charge is 1.00 e. The van der Waals surface area contributed by atoms with Gasteiger partial charge in [-0.1, -0.05) is 0 Å². The van der Waals surface area contributed by atoms with E-state index in [4.69, 9.17) is 4.55 Å². The molecule has 1 saturated carbocycles. The van der Waals surface area contributed by atoms with Crippen molar-refractivity contribution in [3.8, 4) is 0 Å². The third kappa shape index (κ3) is 6.21. The fourth-order valence-electron chi connectivity index (χ4n) is 1.79. The van der Waals surface area contributed by atoms with Crippen molar-refractivity contribution in [3.63, 3.8) is 0 Å². The van der Waals surface area contributed by atoms with Crippen molar-refractivity contribution in [2.24, 2.45) is 5.92 Å². The molecule has 1 fully saturated rings. The Morgan fingerprint density at radius 2 is 1.80 bits per heavy atom. The maximum absolute atomic E-state index is 10.5. The van der Waals surface area contributed by atoms with Crippen LogP contribution in [-0.4, -0.2) is 41.1 Å². The fraction of sp³-hybridized carbons (Fsp3) is 1.00. The van der Waals surface area contributed by atoms with E-state index < -0.39 is 22.3 Å². The molecule has 86 valence electrons. The standard InChI is InChI=1S/C8H16O5S.Na.H/c9-7-2-1-6(5-8(7)10)3-4-14(11,12)13;;/h6-10H,1-5H2,(H,11,12,13);;/q;+1;-1. The molecule has 3 N–H and O–H groups in total. The predicted octanol–water partition coefficient (Wildman–Crippen LogP) is -3.10. The second-order valence-electron chi connectivity index (χ2n) is 3.89. The van der Waals surface area contributed by atoms with Crippen molar-refractivity contribution in [1.82, 2.24) is 0 Å². The Morgan fingerprint density at radius 1 is 1.20 bits per heavy atom. The van der Waals surface area contributed by atoms with Crippen molar-refractivity contribution in [2.45, 2.75) is 37.9 Å². The van der Waals surface area contributed by atoms with Crippen molar-refractivity contribution in [1.29, 1.82) is 0 Å². The monoisotopic (exact) mass is 248 g/mol. The van der Waals surface area contributed by atoms with Gasteiger partial charge >= 0.3 is 29.6 Å². The van der Waals surface area contributed by atoms with Gasteiger partial charge in [-0.2, -0.15) is 8.42 Å². The molecule has 0 aromatic carbocycles. The molecule has 5 nitrogen and oxygen atoms in total. The van der Waals surface area contributed by atoms with Gasteiger partial charge in [-0.3, -0.25) is 4.55 Å². The van der Waals surface area contributed by atoms with Gasteiger partial charge in [0.15, 0.2) is 0 Å². The van der Waals surface area contributed by atoms with Crippen LogP contribution in [0.1, 0.15) is 27.1 Å².